The summed E-state index contributed by atoms with van der Waals surface area (Å²) < 4.78 is 39.7. The zero-order valence-corrected chi connectivity index (χ0v) is 11.0. The topological polar surface area (TPSA) is 64.4 Å². The molecule has 0 aliphatic heterocycles. The molecule has 7 heteroatoms. The largest absolute Gasteiger partial charge is 0.573 e. The Bertz CT molecular complexity index is 432. The highest BCUT2D eigenvalue weighted by Crippen LogP contribution is 2.24. The maximum absolute atomic E-state index is 12.0. The SMILES string of the molecule is CC(CCCN)C(=O)Nc1ccc(OC(F)(F)F)cc1. The predicted molar refractivity (Wildman–Crippen MR) is 69.2 cm³/mol. The first-order chi connectivity index (χ1) is 9.31. The van der Waals surface area contributed by atoms with E-state index < -0.39 is 6.36 Å². The zero-order valence-electron chi connectivity index (χ0n) is 11.0. The molecule has 1 aromatic carbocycles. The number of rotatable bonds is 6. The number of carbonyl (C=O) groups excluding carboxylic acids is 1. The molecule has 1 aromatic rings. The Morgan fingerprint density at radius 3 is 2.45 bits per heavy atom. The van der Waals surface area contributed by atoms with Crippen LogP contribution in [0.1, 0.15) is 19.8 Å². The molecule has 1 rings (SSSR count). The van der Waals surface area contributed by atoms with Gasteiger partial charge in [-0.3, -0.25) is 4.79 Å². The highest BCUT2D eigenvalue weighted by atomic mass is 19.4. The minimum atomic E-state index is -4.72. The molecule has 0 fully saturated rings. The summed E-state index contributed by atoms with van der Waals surface area (Å²) in [6, 6.07) is 5.00. The summed E-state index contributed by atoms with van der Waals surface area (Å²) in [5, 5.41) is 2.62. The van der Waals surface area contributed by atoms with Crippen LogP contribution in [0.15, 0.2) is 24.3 Å². The number of ether oxygens (including phenoxy) is 1. The van der Waals surface area contributed by atoms with Crippen LogP contribution in [0.5, 0.6) is 5.75 Å². The predicted octanol–water partition coefficient (Wildman–Crippen LogP) is 2.90. The monoisotopic (exact) mass is 290 g/mol. The Morgan fingerprint density at radius 1 is 1.35 bits per heavy atom. The molecule has 0 heterocycles. The molecule has 0 spiro atoms. The second-order valence-corrected chi connectivity index (χ2v) is 4.39. The van der Waals surface area contributed by atoms with Gasteiger partial charge in [0, 0.05) is 11.6 Å². The van der Waals surface area contributed by atoms with Crippen LogP contribution in [0.25, 0.3) is 0 Å². The van der Waals surface area contributed by atoms with Crippen molar-refractivity contribution in [2.45, 2.75) is 26.1 Å². The number of carbonyl (C=O) groups is 1. The molecule has 1 amide bonds. The van der Waals surface area contributed by atoms with Gasteiger partial charge in [-0.2, -0.15) is 0 Å². The van der Waals surface area contributed by atoms with Crippen molar-refractivity contribution in [2.75, 3.05) is 11.9 Å². The Labute approximate surface area is 115 Å². The van der Waals surface area contributed by atoms with Crippen LogP contribution in [0.3, 0.4) is 0 Å². The Hall–Kier alpha value is -1.76. The number of amides is 1. The van der Waals surface area contributed by atoms with Crippen LogP contribution in [-0.4, -0.2) is 18.8 Å². The first-order valence-corrected chi connectivity index (χ1v) is 6.18. The van der Waals surface area contributed by atoms with Crippen LogP contribution in [0.4, 0.5) is 18.9 Å². The number of alkyl halides is 3. The van der Waals surface area contributed by atoms with Gasteiger partial charge in [0.25, 0.3) is 0 Å². The van der Waals surface area contributed by atoms with E-state index in [1.807, 2.05) is 0 Å². The summed E-state index contributed by atoms with van der Waals surface area (Å²) in [7, 11) is 0. The van der Waals surface area contributed by atoms with Gasteiger partial charge >= 0.3 is 6.36 Å². The van der Waals surface area contributed by atoms with E-state index >= 15 is 0 Å². The van der Waals surface area contributed by atoms with Crippen molar-refractivity contribution in [2.24, 2.45) is 11.7 Å². The maximum Gasteiger partial charge on any atom is 0.573 e. The van der Waals surface area contributed by atoms with Crippen molar-refractivity contribution in [3.8, 4) is 5.75 Å². The minimum Gasteiger partial charge on any atom is -0.406 e. The standard InChI is InChI=1S/C13H17F3N2O2/c1-9(3-2-8-17)12(19)18-10-4-6-11(7-5-10)20-13(14,15)16/h4-7,9H,2-3,8,17H2,1H3,(H,18,19). The minimum absolute atomic E-state index is 0.192. The van der Waals surface area contributed by atoms with Crippen LogP contribution >= 0.6 is 0 Å². The molecule has 1 atom stereocenters. The maximum atomic E-state index is 12.0. The second kappa shape index (κ2) is 7.14. The third-order valence-electron chi connectivity index (χ3n) is 2.64. The van der Waals surface area contributed by atoms with Gasteiger partial charge in [0.1, 0.15) is 5.75 Å². The lowest BCUT2D eigenvalue weighted by atomic mass is 10.0. The average Bonchev–Trinajstić information content (AvgIpc) is 2.36. The molecular weight excluding hydrogens is 273 g/mol. The summed E-state index contributed by atoms with van der Waals surface area (Å²) in [6.07, 6.45) is -3.31. The summed E-state index contributed by atoms with van der Waals surface area (Å²) in [6.45, 7) is 2.28. The van der Waals surface area contributed by atoms with E-state index in [0.29, 0.717) is 18.7 Å². The Balaban J connectivity index is 2.55. The van der Waals surface area contributed by atoms with Crippen molar-refractivity contribution in [3.05, 3.63) is 24.3 Å². The van der Waals surface area contributed by atoms with Gasteiger partial charge < -0.3 is 15.8 Å². The number of halogens is 3. The first-order valence-electron chi connectivity index (χ1n) is 6.18. The molecule has 1 unspecified atom stereocenters. The van der Waals surface area contributed by atoms with Gasteiger partial charge in [-0.1, -0.05) is 6.92 Å². The highest BCUT2D eigenvalue weighted by Gasteiger charge is 2.30. The van der Waals surface area contributed by atoms with Crippen LogP contribution in [-0.2, 0) is 4.79 Å². The average molecular weight is 290 g/mol. The third kappa shape index (κ3) is 5.92. The molecule has 3 N–H and O–H groups in total. The lowest BCUT2D eigenvalue weighted by Crippen LogP contribution is -2.21. The second-order valence-electron chi connectivity index (χ2n) is 4.39. The van der Waals surface area contributed by atoms with Crippen LogP contribution in [0.2, 0.25) is 0 Å². The zero-order chi connectivity index (χ0) is 15.2. The summed E-state index contributed by atoms with van der Waals surface area (Å²) in [4.78, 5) is 11.8. The Morgan fingerprint density at radius 2 is 1.95 bits per heavy atom. The van der Waals surface area contributed by atoms with E-state index in [9.17, 15) is 18.0 Å². The molecule has 0 aliphatic carbocycles. The molecule has 112 valence electrons. The quantitative estimate of drug-likeness (QED) is 0.846. The molecule has 0 aromatic heterocycles. The molecule has 4 nitrogen and oxygen atoms in total. The summed E-state index contributed by atoms with van der Waals surface area (Å²) in [5.41, 5.74) is 5.78. The third-order valence-corrected chi connectivity index (χ3v) is 2.64. The molecular formula is C13H17F3N2O2. The van der Waals surface area contributed by atoms with E-state index in [0.717, 1.165) is 18.6 Å². The van der Waals surface area contributed by atoms with Crippen LogP contribution in [0, 0.1) is 5.92 Å². The van der Waals surface area contributed by atoms with Gasteiger partial charge in [-0.15, -0.1) is 13.2 Å². The van der Waals surface area contributed by atoms with E-state index in [1.165, 1.54) is 12.1 Å². The number of nitrogens with one attached hydrogen (secondary N) is 1. The lowest BCUT2D eigenvalue weighted by Gasteiger charge is -2.12. The van der Waals surface area contributed by atoms with Gasteiger partial charge in [0.15, 0.2) is 0 Å². The van der Waals surface area contributed by atoms with Crippen molar-refractivity contribution in [1.29, 1.82) is 0 Å². The fraction of sp³-hybridized carbons (Fsp3) is 0.462. The van der Waals surface area contributed by atoms with Crippen molar-refractivity contribution < 1.29 is 22.7 Å². The molecule has 0 saturated heterocycles. The van der Waals surface area contributed by atoms with Crippen molar-refractivity contribution in [3.63, 3.8) is 0 Å². The van der Waals surface area contributed by atoms with Gasteiger partial charge in [0.05, 0.1) is 0 Å². The lowest BCUT2D eigenvalue weighted by molar-refractivity contribution is -0.274. The number of benzene rings is 1. The van der Waals surface area contributed by atoms with Gasteiger partial charge in [0.2, 0.25) is 5.91 Å². The molecule has 0 radical (unpaired) electrons. The van der Waals surface area contributed by atoms with Crippen molar-refractivity contribution >= 4 is 11.6 Å². The molecule has 20 heavy (non-hydrogen) atoms. The van der Waals surface area contributed by atoms with E-state index in [4.69, 9.17) is 5.73 Å². The summed E-state index contributed by atoms with van der Waals surface area (Å²) >= 11 is 0. The van der Waals surface area contributed by atoms with Gasteiger partial charge in [-0.05, 0) is 43.7 Å². The first kappa shape index (κ1) is 16.3. The normalized spacial score (nSPS) is 12.8. The van der Waals surface area contributed by atoms with E-state index in [1.54, 1.807) is 6.92 Å². The number of hydrogen-bond acceptors (Lipinski definition) is 3. The summed E-state index contributed by atoms with van der Waals surface area (Å²) in [5.74, 6) is -0.723. The fourth-order valence-corrected chi connectivity index (χ4v) is 1.56. The van der Waals surface area contributed by atoms with Gasteiger partial charge in [-0.25, -0.2) is 0 Å². The van der Waals surface area contributed by atoms with Crippen LogP contribution < -0.4 is 15.8 Å². The highest BCUT2D eigenvalue weighted by molar-refractivity contribution is 5.92. The Kier molecular flexibility index (Phi) is 5.82. The number of anilines is 1. The van der Waals surface area contributed by atoms with E-state index in [2.05, 4.69) is 10.1 Å². The molecule has 0 saturated carbocycles. The number of hydrogen-bond donors (Lipinski definition) is 2. The molecule has 0 bridgehead atoms. The van der Waals surface area contributed by atoms with Crippen molar-refractivity contribution in [1.82, 2.24) is 0 Å². The smallest absolute Gasteiger partial charge is 0.406 e. The number of nitrogens with two attached hydrogens (primary N) is 1. The fourth-order valence-electron chi connectivity index (χ4n) is 1.56. The van der Waals surface area contributed by atoms with E-state index in [-0.39, 0.29) is 17.6 Å². The molecule has 0 aliphatic rings.